The van der Waals surface area contributed by atoms with E-state index >= 15 is 0 Å². The second-order valence-electron chi connectivity index (χ2n) is 8.25. The van der Waals surface area contributed by atoms with Crippen molar-refractivity contribution in [2.45, 2.75) is 39.2 Å². The second-order valence-corrected chi connectivity index (χ2v) is 8.25. The van der Waals surface area contributed by atoms with Crippen molar-refractivity contribution in [2.24, 2.45) is 0 Å². The summed E-state index contributed by atoms with van der Waals surface area (Å²) in [7, 11) is 1.68. The molecule has 2 heterocycles. The molecule has 0 saturated heterocycles. The number of rotatable bonds is 10. The maximum absolute atomic E-state index is 13.3. The van der Waals surface area contributed by atoms with Gasteiger partial charge in [-0.15, -0.1) is 0 Å². The fourth-order valence-electron chi connectivity index (χ4n) is 4.17. The van der Waals surface area contributed by atoms with Crippen molar-refractivity contribution in [3.8, 4) is 17.0 Å². The molecule has 0 fully saturated rings. The van der Waals surface area contributed by atoms with Crippen LogP contribution in [-0.2, 0) is 4.74 Å². The Labute approximate surface area is 189 Å². The Balaban J connectivity index is 1.70. The summed E-state index contributed by atoms with van der Waals surface area (Å²) in [5, 5.41) is 7.56. The zero-order valence-electron chi connectivity index (χ0n) is 19.1. The Morgan fingerprint density at radius 1 is 1.03 bits per heavy atom. The first kappa shape index (κ1) is 22.1. The second kappa shape index (κ2) is 10.0. The van der Waals surface area contributed by atoms with Gasteiger partial charge in [-0.05, 0) is 37.5 Å². The number of carbonyl (C=O) groups excluding carboxylic acids is 1. The molecule has 0 saturated carbocycles. The first-order chi connectivity index (χ1) is 15.6. The van der Waals surface area contributed by atoms with Crippen LogP contribution in [0, 0.1) is 6.92 Å². The van der Waals surface area contributed by atoms with E-state index in [0.29, 0.717) is 25.5 Å². The van der Waals surface area contributed by atoms with Gasteiger partial charge in [0.25, 0.3) is 5.91 Å². The van der Waals surface area contributed by atoms with Gasteiger partial charge in [0.05, 0.1) is 18.3 Å². The van der Waals surface area contributed by atoms with Crippen molar-refractivity contribution >= 4 is 5.91 Å². The number of ether oxygens (including phenoxy) is 2. The van der Waals surface area contributed by atoms with Gasteiger partial charge in [-0.1, -0.05) is 55.3 Å². The van der Waals surface area contributed by atoms with Crippen LogP contribution in [0.5, 0.6) is 5.75 Å². The van der Waals surface area contributed by atoms with Gasteiger partial charge in [0, 0.05) is 31.4 Å². The van der Waals surface area contributed by atoms with Gasteiger partial charge in [-0.2, -0.15) is 5.10 Å². The molecule has 0 spiro atoms. The average Bonchev–Trinajstić information content (AvgIpc) is 3.35. The highest BCUT2D eigenvalue weighted by Crippen LogP contribution is 2.43. The predicted molar refractivity (Wildman–Crippen MR) is 125 cm³/mol. The molecule has 0 aliphatic carbocycles. The van der Waals surface area contributed by atoms with Crippen molar-refractivity contribution in [1.82, 2.24) is 15.1 Å². The van der Waals surface area contributed by atoms with Gasteiger partial charge in [-0.3, -0.25) is 9.89 Å². The lowest BCUT2D eigenvalue weighted by Crippen LogP contribution is -2.31. The van der Waals surface area contributed by atoms with E-state index in [4.69, 9.17) is 9.47 Å². The molecule has 1 unspecified atom stereocenters. The standard InChI is InChI=1S/C26H31N3O3/c1-4-5-17-32-21-13-11-20(12-14-21)25-22-23(19-9-7-18(2)8-10-19)27-28-24(22)26(30)29(25)15-6-16-31-3/h7-14,25H,4-6,15-17H2,1-3H3,(H,27,28). The Morgan fingerprint density at radius 2 is 1.78 bits per heavy atom. The van der Waals surface area contributed by atoms with Crippen LogP contribution in [0.4, 0.5) is 0 Å². The third kappa shape index (κ3) is 4.41. The number of aromatic amines is 1. The summed E-state index contributed by atoms with van der Waals surface area (Å²) < 4.78 is 11.1. The average molecular weight is 434 g/mol. The van der Waals surface area contributed by atoms with Crippen molar-refractivity contribution in [3.63, 3.8) is 0 Å². The number of methoxy groups -OCH3 is 1. The van der Waals surface area contributed by atoms with E-state index in [1.807, 2.05) is 17.0 Å². The van der Waals surface area contributed by atoms with E-state index in [1.165, 1.54) is 5.56 Å². The quantitative estimate of drug-likeness (QED) is 0.449. The SMILES string of the molecule is CCCCOc1ccc(C2c3c(-c4ccc(C)cc4)n[nH]c3C(=O)N2CCCOC)cc1. The molecule has 0 radical (unpaired) electrons. The topological polar surface area (TPSA) is 67.5 Å². The van der Waals surface area contributed by atoms with Crippen LogP contribution in [0.25, 0.3) is 11.3 Å². The number of unbranched alkanes of at least 4 members (excludes halogenated alkanes) is 1. The third-order valence-corrected chi connectivity index (χ3v) is 5.90. The zero-order valence-corrected chi connectivity index (χ0v) is 19.1. The Kier molecular flexibility index (Phi) is 6.90. The minimum absolute atomic E-state index is 0.0183. The molecular weight excluding hydrogens is 402 g/mol. The van der Waals surface area contributed by atoms with Crippen LogP contribution < -0.4 is 4.74 Å². The number of aryl methyl sites for hydroxylation is 1. The van der Waals surface area contributed by atoms with Gasteiger partial charge in [-0.25, -0.2) is 0 Å². The van der Waals surface area contributed by atoms with Gasteiger partial charge in [0.15, 0.2) is 0 Å². The molecule has 3 aromatic rings. The van der Waals surface area contributed by atoms with Gasteiger partial charge < -0.3 is 14.4 Å². The van der Waals surface area contributed by atoms with Gasteiger partial charge in [0.2, 0.25) is 0 Å². The Morgan fingerprint density at radius 3 is 2.47 bits per heavy atom. The zero-order chi connectivity index (χ0) is 22.5. The van der Waals surface area contributed by atoms with Crippen LogP contribution >= 0.6 is 0 Å². The molecule has 6 heteroatoms. The highest BCUT2D eigenvalue weighted by atomic mass is 16.5. The predicted octanol–water partition coefficient (Wildman–Crippen LogP) is 5.15. The van der Waals surface area contributed by atoms with Gasteiger partial charge >= 0.3 is 0 Å². The first-order valence-electron chi connectivity index (χ1n) is 11.3. The molecule has 1 aliphatic heterocycles. The van der Waals surface area contributed by atoms with Crippen LogP contribution in [-0.4, -0.2) is 47.9 Å². The number of nitrogens with one attached hydrogen (secondary N) is 1. The number of carbonyl (C=O) groups is 1. The van der Waals surface area contributed by atoms with E-state index in [9.17, 15) is 4.79 Å². The molecule has 1 atom stereocenters. The summed E-state index contributed by atoms with van der Waals surface area (Å²) in [6.45, 7) is 6.15. The number of fused-ring (bicyclic) bond motifs is 1. The third-order valence-electron chi connectivity index (χ3n) is 5.90. The van der Waals surface area contributed by atoms with Gasteiger partial charge in [0.1, 0.15) is 11.4 Å². The lowest BCUT2D eigenvalue weighted by molar-refractivity contribution is 0.0723. The van der Waals surface area contributed by atoms with Crippen LogP contribution in [0.2, 0.25) is 0 Å². The summed E-state index contributed by atoms with van der Waals surface area (Å²) in [5.41, 5.74) is 5.59. The van der Waals surface area contributed by atoms with E-state index in [0.717, 1.165) is 47.4 Å². The number of nitrogens with zero attached hydrogens (tertiary/aromatic N) is 2. The number of hydrogen-bond acceptors (Lipinski definition) is 4. The van der Waals surface area contributed by atoms with E-state index in [1.54, 1.807) is 7.11 Å². The van der Waals surface area contributed by atoms with Crippen LogP contribution in [0.15, 0.2) is 48.5 Å². The molecule has 1 N–H and O–H groups in total. The van der Waals surface area contributed by atoms with E-state index in [-0.39, 0.29) is 11.9 Å². The summed E-state index contributed by atoms with van der Waals surface area (Å²) in [6, 6.07) is 16.2. The molecule has 1 aliphatic rings. The summed E-state index contributed by atoms with van der Waals surface area (Å²) in [4.78, 5) is 15.2. The lowest BCUT2D eigenvalue weighted by Gasteiger charge is -2.26. The number of aromatic nitrogens is 2. The largest absolute Gasteiger partial charge is 0.494 e. The number of amides is 1. The Bertz CT molecular complexity index is 1040. The van der Waals surface area contributed by atoms with E-state index < -0.39 is 0 Å². The molecule has 2 aromatic carbocycles. The summed E-state index contributed by atoms with van der Waals surface area (Å²) in [6.07, 6.45) is 2.91. The number of H-pyrrole nitrogens is 1. The molecular formula is C26H31N3O3. The van der Waals surface area contributed by atoms with Crippen LogP contribution in [0.3, 0.4) is 0 Å². The Hall–Kier alpha value is -3.12. The summed E-state index contributed by atoms with van der Waals surface area (Å²) >= 11 is 0. The fraction of sp³-hybridized carbons (Fsp3) is 0.385. The normalized spacial score (nSPS) is 15.3. The number of benzene rings is 2. The minimum Gasteiger partial charge on any atom is -0.494 e. The molecule has 6 nitrogen and oxygen atoms in total. The molecule has 1 amide bonds. The first-order valence-corrected chi connectivity index (χ1v) is 11.3. The number of hydrogen-bond donors (Lipinski definition) is 1. The highest BCUT2D eigenvalue weighted by Gasteiger charge is 2.41. The van der Waals surface area contributed by atoms with Crippen LogP contribution in [0.1, 0.15) is 59.4 Å². The molecule has 4 rings (SSSR count). The minimum atomic E-state index is -0.200. The maximum Gasteiger partial charge on any atom is 0.273 e. The lowest BCUT2D eigenvalue weighted by atomic mass is 9.95. The maximum atomic E-state index is 13.3. The summed E-state index contributed by atoms with van der Waals surface area (Å²) in [5.74, 6) is 0.832. The molecule has 1 aromatic heterocycles. The molecule has 0 bridgehead atoms. The fourth-order valence-corrected chi connectivity index (χ4v) is 4.17. The van der Waals surface area contributed by atoms with Crippen molar-refractivity contribution in [2.75, 3.05) is 26.9 Å². The smallest absolute Gasteiger partial charge is 0.273 e. The van der Waals surface area contributed by atoms with Crippen molar-refractivity contribution in [1.29, 1.82) is 0 Å². The van der Waals surface area contributed by atoms with E-state index in [2.05, 4.69) is 60.4 Å². The molecule has 168 valence electrons. The van der Waals surface area contributed by atoms with Crippen molar-refractivity contribution < 1.29 is 14.3 Å². The van der Waals surface area contributed by atoms with Crippen molar-refractivity contribution in [3.05, 3.63) is 70.9 Å². The molecule has 32 heavy (non-hydrogen) atoms. The highest BCUT2D eigenvalue weighted by molar-refractivity contribution is 6.00. The monoisotopic (exact) mass is 433 g/mol.